The summed E-state index contributed by atoms with van der Waals surface area (Å²) >= 11 is 1.75. The Labute approximate surface area is 215 Å². The van der Waals surface area contributed by atoms with Gasteiger partial charge in [0, 0.05) is 18.1 Å². The second-order valence-electron chi connectivity index (χ2n) is 7.52. The van der Waals surface area contributed by atoms with Crippen molar-refractivity contribution in [1.82, 2.24) is 10.1 Å². The van der Waals surface area contributed by atoms with Crippen LogP contribution in [0.2, 0.25) is 0 Å². The van der Waals surface area contributed by atoms with Gasteiger partial charge in [0.05, 0.1) is 25.6 Å². The Bertz CT molecular complexity index is 1360. The van der Waals surface area contributed by atoms with E-state index in [1.165, 1.54) is 24.4 Å². The van der Waals surface area contributed by atoms with Crippen LogP contribution in [-0.4, -0.2) is 30.6 Å². The molecular formula is C23H21IN4O6S. The number of benzene rings is 3. The molecule has 35 heavy (non-hydrogen) atoms. The number of aromatic hydroxyl groups is 1. The van der Waals surface area contributed by atoms with Gasteiger partial charge in [0.2, 0.25) is 21.7 Å². The third kappa shape index (κ3) is 7.07. The normalized spacial score (nSPS) is 12.4. The van der Waals surface area contributed by atoms with E-state index in [1.54, 1.807) is 65.1 Å². The molecular weight excluding hydrogens is 587 g/mol. The van der Waals surface area contributed by atoms with Gasteiger partial charge in [-0.05, 0) is 53.3 Å². The van der Waals surface area contributed by atoms with Crippen LogP contribution in [0.15, 0.2) is 76.7 Å². The maximum Gasteiger partial charge on any atom is 0.312 e. The zero-order valence-electron chi connectivity index (χ0n) is 18.4. The second kappa shape index (κ2) is 11.4. The van der Waals surface area contributed by atoms with Crippen molar-refractivity contribution in [2.75, 3.05) is 0 Å². The van der Waals surface area contributed by atoms with Crippen molar-refractivity contribution in [2.45, 2.75) is 24.3 Å². The number of nitrogens with one attached hydrogen (secondary N) is 2. The number of nitro groups is 1. The molecule has 3 N–H and O–H groups in total. The molecule has 0 fully saturated rings. The minimum Gasteiger partial charge on any atom is -0.501 e. The van der Waals surface area contributed by atoms with Crippen molar-refractivity contribution in [1.29, 1.82) is 0 Å². The summed E-state index contributed by atoms with van der Waals surface area (Å²) in [5.74, 6) is -1.03. The largest absolute Gasteiger partial charge is 0.501 e. The Kier molecular flexibility index (Phi) is 8.53. The Hall–Kier alpha value is -3.36. The lowest BCUT2D eigenvalue weighted by Gasteiger charge is -2.18. The molecule has 182 valence electrons. The number of rotatable bonds is 9. The van der Waals surface area contributed by atoms with Crippen molar-refractivity contribution in [2.24, 2.45) is 5.10 Å². The Morgan fingerprint density at radius 3 is 2.46 bits per heavy atom. The van der Waals surface area contributed by atoms with E-state index < -0.39 is 38.3 Å². The molecule has 3 aromatic rings. The predicted molar refractivity (Wildman–Crippen MR) is 139 cm³/mol. The molecule has 3 rings (SSSR count). The lowest BCUT2D eigenvalue weighted by Crippen LogP contribution is -2.32. The van der Waals surface area contributed by atoms with Gasteiger partial charge in [0.25, 0.3) is 0 Å². The number of aryl methyl sites for hydroxylation is 1. The fraction of sp³-hybridized carbons (Fsp3) is 0.130. The first-order valence-electron chi connectivity index (χ1n) is 10.2. The first-order valence-corrected chi connectivity index (χ1v) is 12.8. The first kappa shape index (κ1) is 26.2. The van der Waals surface area contributed by atoms with Gasteiger partial charge in [0.1, 0.15) is 0 Å². The minimum absolute atomic E-state index is 0.0750. The highest BCUT2D eigenvalue weighted by atomic mass is 127. The number of carbonyl (C=O) groups is 1. The summed E-state index contributed by atoms with van der Waals surface area (Å²) in [6.07, 6.45) is 0.945. The van der Waals surface area contributed by atoms with Gasteiger partial charge in [0.15, 0.2) is 0 Å². The van der Waals surface area contributed by atoms with Crippen LogP contribution >= 0.6 is 22.6 Å². The molecule has 3 aromatic carbocycles. The maximum absolute atomic E-state index is 12.9. The van der Waals surface area contributed by atoms with E-state index in [0.29, 0.717) is 11.1 Å². The highest BCUT2D eigenvalue weighted by Crippen LogP contribution is 2.31. The standard InChI is InChI=1S/C23H21IN4O6S/c1-15-7-9-18(10-8-15)35(33,34)27-20(17-5-3-2-4-6-17)13-22(29)26-25-14-16-11-19(24)23(30)21(12-16)28(31)32/h2-12,14,20,27,30H,13H2,1H3,(H,26,29)/b25-14-/t20-/m1/s1. The number of phenols is 1. The summed E-state index contributed by atoms with van der Waals surface area (Å²) < 4.78 is 28.6. The van der Waals surface area contributed by atoms with Crippen LogP contribution < -0.4 is 10.1 Å². The Balaban J connectivity index is 1.75. The van der Waals surface area contributed by atoms with E-state index in [1.807, 2.05) is 6.92 Å². The summed E-state index contributed by atoms with van der Waals surface area (Å²) in [6.45, 7) is 1.85. The van der Waals surface area contributed by atoms with Crippen molar-refractivity contribution < 1.29 is 23.2 Å². The molecule has 0 aliphatic carbocycles. The van der Waals surface area contributed by atoms with Gasteiger partial charge < -0.3 is 5.11 Å². The fourth-order valence-corrected chi connectivity index (χ4v) is 4.97. The van der Waals surface area contributed by atoms with Gasteiger partial charge in [-0.25, -0.2) is 18.6 Å². The Morgan fingerprint density at radius 1 is 1.17 bits per heavy atom. The topological polar surface area (TPSA) is 151 Å². The van der Waals surface area contributed by atoms with Gasteiger partial charge in [-0.1, -0.05) is 48.0 Å². The molecule has 1 amide bonds. The molecule has 0 aliphatic heterocycles. The van der Waals surface area contributed by atoms with Crippen LogP contribution in [0.25, 0.3) is 0 Å². The molecule has 0 spiro atoms. The molecule has 0 unspecified atom stereocenters. The number of nitro benzene ring substituents is 1. The number of hydrogen-bond donors (Lipinski definition) is 3. The molecule has 0 heterocycles. The average Bonchev–Trinajstić information content (AvgIpc) is 2.81. The highest BCUT2D eigenvalue weighted by Gasteiger charge is 2.24. The van der Waals surface area contributed by atoms with E-state index in [2.05, 4.69) is 15.2 Å². The minimum atomic E-state index is -3.91. The lowest BCUT2D eigenvalue weighted by atomic mass is 10.0. The monoisotopic (exact) mass is 608 g/mol. The van der Waals surface area contributed by atoms with E-state index in [4.69, 9.17) is 0 Å². The SMILES string of the molecule is Cc1ccc(S(=O)(=O)N[C@H](CC(=O)N/N=C\c2cc(I)c(O)c([N+](=O)[O-])c2)c2ccccc2)cc1. The fourth-order valence-electron chi connectivity index (χ4n) is 3.11. The molecule has 12 heteroatoms. The maximum atomic E-state index is 12.9. The first-order chi connectivity index (χ1) is 16.6. The predicted octanol–water partition coefficient (Wildman–Crippen LogP) is 3.77. The summed E-state index contributed by atoms with van der Waals surface area (Å²) in [5.41, 5.74) is 3.61. The van der Waals surface area contributed by atoms with Crippen molar-refractivity contribution in [3.63, 3.8) is 0 Å². The van der Waals surface area contributed by atoms with E-state index in [0.717, 1.165) is 11.6 Å². The molecule has 0 radical (unpaired) electrons. The molecule has 0 aliphatic rings. The second-order valence-corrected chi connectivity index (χ2v) is 10.4. The molecule has 0 aromatic heterocycles. The molecule has 0 saturated heterocycles. The van der Waals surface area contributed by atoms with Gasteiger partial charge in [-0.2, -0.15) is 5.10 Å². The van der Waals surface area contributed by atoms with Crippen LogP contribution in [0.4, 0.5) is 5.69 Å². The van der Waals surface area contributed by atoms with Gasteiger partial charge in [-0.15, -0.1) is 0 Å². The highest BCUT2D eigenvalue weighted by molar-refractivity contribution is 14.1. The van der Waals surface area contributed by atoms with Crippen molar-refractivity contribution in [3.05, 3.63) is 97.1 Å². The van der Waals surface area contributed by atoms with Crippen molar-refractivity contribution in [3.8, 4) is 5.75 Å². The van der Waals surface area contributed by atoms with Crippen LogP contribution in [0.3, 0.4) is 0 Å². The average molecular weight is 608 g/mol. The molecule has 10 nitrogen and oxygen atoms in total. The van der Waals surface area contributed by atoms with Crippen molar-refractivity contribution >= 4 is 50.4 Å². The summed E-state index contributed by atoms with van der Waals surface area (Å²) in [5, 5.41) is 24.7. The van der Waals surface area contributed by atoms with E-state index in [-0.39, 0.29) is 14.9 Å². The van der Waals surface area contributed by atoms with Gasteiger partial charge >= 0.3 is 5.69 Å². The lowest BCUT2D eigenvalue weighted by molar-refractivity contribution is -0.386. The number of carbonyl (C=O) groups excluding carboxylic acids is 1. The number of phenolic OH excluding ortho intramolecular Hbond substituents is 1. The number of halogens is 1. The summed E-state index contributed by atoms with van der Waals surface area (Å²) in [6, 6.07) is 16.7. The quantitative estimate of drug-likeness (QED) is 0.146. The molecule has 0 bridgehead atoms. The zero-order valence-corrected chi connectivity index (χ0v) is 21.4. The molecule has 0 saturated carbocycles. The van der Waals surface area contributed by atoms with Crippen LogP contribution in [-0.2, 0) is 14.8 Å². The number of sulfonamides is 1. The van der Waals surface area contributed by atoms with E-state index in [9.17, 15) is 28.4 Å². The molecule has 1 atom stereocenters. The number of hydrazone groups is 1. The zero-order chi connectivity index (χ0) is 25.6. The van der Waals surface area contributed by atoms with Crippen LogP contribution in [0, 0.1) is 20.6 Å². The number of amides is 1. The van der Waals surface area contributed by atoms with Crippen LogP contribution in [0.1, 0.15) is 29.2 Å². The summed E-state index contributed by atoms with van der Waals surface area (Å²) in [4.78, 5) is 23.0. The van der Waals surface area contributed by atoms with E-state index >= 15 is 0 Å². The number of nitrogens with zero attached hydrogens (tertiary/aromatic N) is 2. The smallest absolute Gasteiger partial charge is 0.312 e. The third-order valence-corrected chi connectivity index (χ3v) is 7.20. The van der Waals surface area contributed by atoms with Crippen LogP contribution in [0.5, 0.6) is 5.75 Å². The Morgan fingerprint density at radius 2 is 1.83 bits per heavy atom. The number of hydrogen-bond acceptors (Lipinski definition) is 7. The van der Waals surface area contributed by atoms with Gasteiger partial charge in [-0.3, -0.25) is 14.9 Å². The summed E-state index contributed by atoms with van der Waals surface area (Å²) in [7, 11) is -3.91. The third-order valence-electron chi connectivity index (χ3n) is 4.89.